The van der Waals surface area contributed by atoms with Crippen LogP contribution in [0.4, 0.5) is 4.79 Å². The summed E-state index contributed by atoms with van der Waals surface area (Å²) in [7, 11) is 0. The molecule has 1 atom stereocenters. The second-order valence-corrected chi connectivity index (χ2v) is 5.63. The van der Waals surface area contributed by atoms with Crippen LogP contribution in [0, 0.1) is 0 Å². The van der Waals surface area contributed by atoms with Gasteiger partial charge in [-0.25, -0.2) is 4.79 Å². The Kier molecular flexibility index (Phi) is 3.01. The van der Waals surface area contributed by atoms with Gasteiger partial charge in [-0.15, -0.1) is 0 Å². The van der Waals surface area contributed by atoms with Crippen LogP contribution < -0.4 is 0 Å². The van der Waals surface area contributed by atoms with Gasteiger partial charge < -0.3 is 14.7 Å². The van der Waals surface area contributed by atoms with Gasteiger partial charge in [0.1, 0.15) is 5.60 Å². The zero-order valence-electron chi connectivity index (χ0n) is 10.2. The molecule has 4 heteroatoms. The average molecular weight is 215 g/mol. The minimum atomic E-state index is -0.852. The zero-order chi connectivity index (χ0) is 11.9. The van der Waals surface area contributed by atoms with Crippen molar-refractivity contribution in [1.29, 1.82) is 0 Å². The van der Waals surface area contributed by atoms with Crippen LogP contribution in [-0.2, 0) is 4.74 Å². The third kappa shape index (κ3) is 3.09. The molecule has 15 heavy (non-hydrogen) atoms. The molecule has 88 valence electrons. The largest absolute Gasteiger partial charge is 0.444 e. The maximum Gasteiger partial charge on any atom is 0.410 e. The SMILES string of the molecule is CC(C)(C)OC(=O)N1CC[C@H]1C(C)(C)O. The average Bonchev–Trinajstić information content (AvgIpc) is 1.72. The molecule has 0 unspecified atom stereocenters. The molecule has 0 aromatic carbocycles. The number of likely N-dealkylation sites (tertiary alicyclic amines) is 1. The molecule has 0 aromatic heterocycles. The van der Waals surface area contributed by atoms with Gasteiger partial charge in [-0.05, 0) is 41.0 Å². The van der Waals surface area contributed by atoms with E-state index in [2.05, 4.69) is 0 Å². The number of carbonyl (C=O) groups excluding carboxylic acids is 1. The lowest BCUT2D eigenvalue weighted by atomic mass is 9.88. The number of carbonyl (C=O) groups is 1. The zero-order valence-corrected chi connectivity index (χ0v) is 10.2. The van der Waals surface area contributed by atoms with E-state index >= 15 is 0 Å². The first-order chi connectivity index (χ1) is 6.61. The summed E-state index contributed by atoms with van der Waals surface area (Å²) >= 11 is 0. The molecule has 1 aliphatic heterocycles. The number of nitrogens with zero attached hydrogens (tertiary/aromatic N) is 1. The monoisotopic (exact) mass is 215 g/mol. The molecule has 1 amide bonds. The first-order valence-electron chi connectivity index (χ1n) is 5.33. The molecule has 1 N–H and O–H groups in total. The maximum atomic E-state index is 11.7. The summed E-state index contributed by atoms with van der Waals surface area (Å²) in [4.78, 5) is 13.3. The number of hydrogen-bond acceptors (Lipinski definition) is 3. The van der Waals surface area contributed by atoms with Crippen molar-refractivity contribution in [2.75, 3.05) is 6.54 Å². The number of rotatable bonds is 1. The van der Waals surface area contributed by atoms with Gasteiger partial charge in [-0.3, -0.25) is 0 Å². The lowest BCUT2D eigenvalue weighted by Crippen LogP contribution is -2.61. The first kappa shape index (κ1) is 12.3. The third-order valence-corrected chi connectivity index (χ3v) is 2.46. The highest BCUT2D eigenvalue weighted by molar-refractivity contribution is 5.69. The van der Waals surface area contributed by atoms with Crippen molar-refractivity contribution < 1.29 is 14.6 Å². The predicted octanol–water partition coefficient (Wildman–Crippen LogP) is 1.77. The van der Waals surface area contributed by atoms with Crippen LogP contribution in [0.3, 0.4) is 0 Å². The smallest absolute Gasteiger partial charge is 0.410 e. The molecular formula is C11H21NO3. The van der Waals surface area contributed by atoms with Crippen molar-refractivity contribution in [3.05, 3.63) is 0 Å². The Morgan fingerprint density at radius 1 is 1.33 bits per heavy atom. The van der Waals surface area contributed by atoms with Gasteiger partial charge in [-0.1, -0.05) is 0 Å². The quantitative estimate of drug-likeness (QED) is 0.725. The van der Waals surface area contributed by atoms with E-state index in [1.807, 2.05) is 20.8 Å². The van der Waals surface area contributed by atoms with Crippen molar-refractivity contribution >= 4 is 6.09 Å². The lowest BCUT2D eigenvalue weighted by Gasteiger charge is -2.47. The Morgan fingerprint density at radius 2 is 1.87 bits per heavy atom. The minimum Gasteiger partial charge on any atom is -0.444 e. The van der Waals surface area contributed by atoms with E-state index < -0.39 is 11.2 Å². The highest BCUT2D eigenvalue weighted by Gasteiger charge is 2.43. The van der Waals surface area contributed by atoms with Crippen molar-refractivity contribution in [3.63, 3.8) is 0 Å². The summed E-state index contributed by atoms with van der Waals surface area (Å²) in [6.07, 6.45) is 0.504. The molecular weight excluding hydrogens is 194 g/mol. The Hall–Kier alpha value is -0.770. The van der Waals surface area contributed by atoms with Gasteiger partial charge >= 0.3 is 6.09 Å². The molecule has 0 spiro atoms. The summed E-state index contributed by atoms with van der Waals surface area (Å²) in [5, 5.41) is 9.81. The summed E-state index contributed by atoms with van der Waals surface area (Å²) < 4.78 is 5.24. The Labute approximate surface area is 91.2 Å². The Bertz CT molecular complexity index is 250. The maximum absolute atomic E-state index is 11.7. The molecule has 1 saturated heterocycles. The molecule has 4 nitrogen and oxygen atoms in total. The molecule has 0 saturated carbocycles. The van der Waals surface area contributed by atoms with Crippen LogP contribution in [0.25, 0.3) is 0 Å². The van der Waals surface area contributed by atoms with Crippen LogP contribution in [0.1, 0.15) is 41.0 Å². The molecule has 1 heterocycles. The topological polar surface area (TPSA) is 49.8 Å². The third-order valence-electron chi connectivity index (χ3n) is 2.46. The number of ether oxygens (including phenoxy) is 1. The summed E-state index contributed by atoms with van der Waals surface area (Å²) in [5.74, 6) is 0. The highest BCUT2D eigenvalue weighted by atomic mass is 16.6. The van der Waals surface area contributed by atoms with Crippen molar-refractivity contribution in [2.45, 2.75) is 58.3 Å². The summed E-state index contributed by atoms with van der Waals surface area (Å²) in [6.45, 7) is 9.61. The van der Waals surface area contributed by atoms with E-state index in [4.69, 9.17) is 4.74 Å². The van der Waals surface area contributed by atoms with E-state index in [1.54, 1.807) is 18.7 Å². The van der Waals surface area contributed by atoms with Gasteiger partial charge in [0, 0.05) is 6.54 Å². The number of aliphatic hydroxyl groups is 1. The van der Waals surface area contributed by atoms with Gasteiger partial charge in [0.15, 0.2) is 0 Å². The first-order valence-corrected chi connectivity index (χ1v) is 5.33. The second kappa shape index (κ2) is 3.67. The van der Waals surface area contributed by atoms with Crippen LogP contribution >= 0.6 is 0 Å². The highest BCUT2D eigenvalue weighted by Crippen LogP contribution is 2.29. The van der Waals surface area contributed by atoms with E-state index in [0.717, 1.165) is 6.42 Å². The van der Waals surface area contributed by atoms with Gasteiger partial charge in [0.05, 0.1) is 11.6 Å². The molecule has 0 radical (unpaired) electrons. The van der Waals surface area contributed by atoms with E-state index in [-0.39, 0.29) is 12.1 Å². The lowest BCUT2D eigenvalue weighted by molar-refractivity contribution is -0.0758. The van der Waals surface area contributed by atoms with Crippen LogP contribution in [0.5, 0.6) is 0 Å². The van der Waals surface area contributed by atoms with Crippen LogP contribution in [0.15, 0.2) is 0 Å². The predicted molar refractivity (Wildman–Crippen MR) is 57.6 cm³/mol. The molecule has 0 aliphatic carbocycles. The van der Waals surface area contributed by atoms with Crippen molar-refractivity contribution in [1.82, 2.24) is 4.90 Å². The van der Waals surface area contributed by atoms with Crippen molar-refractivity contribution in [2.24, 2.45) is 0 Å². The molecule has 1 rings (SSSR count). The molecule has 1 aliphatic rings. The summed E-state index contributed by atoms with van der Waals surface area (Å²) in [5.41, 5.74) is -1.33. The Morgan fingerprint density at radius 3 is 2.13 bits per heavy atom. The van der Waals surface area contributed by atoms with E-state index in [0.29, 0.717) is 6.54 Å². The van der Waals surface area contributed by atoms with Crippen molar-refractivity contribution in [3.8, 4) is 0 Å². The number of hydrogen-bond donors (Lipinski definition) is 1. The molecule has 0 bridgehead atoms. The standard InChI is InChI=1S/C11H21NO3/c1-10(2,3)15-9(13)12-7-6-8(12)11(4,5)14/h8,14H,6-7H2,1-5H3/t8-/m0/s1. The van der Waals surface area contributed by atoms with E-state index in [9.17, 15) is 9.90 Å². The Balaban J connectivity index is 2.56. The number of amides is 1. The molecule has 1 fully saturated rings. The van der Waals surface area contributed by atoms with E-state index in [1.165, 1.54) is 0 Å². The molecule has 0 aromatic rings. The summed E-state index contributed by atoms with van der Waals surface area (Å²) in [6, 6.07) is -0.118. The minimum absolute atomic E-state index is 0.118. The van der Waals surface area contributed by atoms with Gasteiger partial charge in [-0.2, -0.15) is 0 Å². The fourth-order valence-corrected chi connectivity index (χ4v) is 1.66. The normalized spacial score (nSPS) is 22.3. The van der Waals surface area contributed by atoms with Gasteiger partial charge in [0.25, 0.3) is 0 Å². The van der Waals surface area contributed by atoms with Crippen LogP contribution in [-0.4, -0.2) is 39.9 Å². The fraction of sp³-hybridized carbons (Fsp3) is 0.909. The fourth-order valence-electron chi connectivity index (χ4n) is 1.66. The second-order valence-electron chi connectivity index (χ2n) is 5.63. The van der Waals surface area contributed by atoms with Gasteiger partial charge in [0.2, 0.25) is 0 Å². The van der Waals surface area contributed by atoms with Crippen LogP contribution in [0.2, 0.25) is 0 Å².